The van der Waals surface area contributed by atoms with Crippen molar-refractivity contribution in [2.45, 2.75) is 25.5 Å². The Labute approximate surface area is 90.2 Å². The van der Waals surface area contributed by atoms with Crippen molar-refractivity contribution in [3.05, 3.63) is 42.1 Å². The van der Waals surface area contributed by atoms with Crippen molar-refractivity contribution >= 4 is 5.76 Å². The van der Waals surface area contributed by atoms with Crippen LogP contribution in [0.15, 0.2) is 36.5 Å². The third kappa shape index (κ3) is 1.60. The average Bonchev–Trinajstić information content (AvgIpc) is 2.74. The van der Waals surface area contributed by atoms with Crippen molar-refractivity contribution in [2.24, 2.45) is 0 Å². The number of hydrogen-bond acceptors (Lipinski definition) is 2. The molecule has 2 nitrogen and oxygen atoms in total. The van der Waals surface area contributed by atoms with Crippen molar-refractivity contribution in [1.82, 2.24) is 4.90 Å². The second-order valence-electron chi connectivity index (χ2n) is 4.17. The van der Waals surface area contributed by atoms with Gasteiger partial charge in [0.05, 0.1) is 0 Å². The summed E-state index contributed by atoms with van der Waals surface area (Å²) < 4.78 is 5.94. The summed E-state index contributed by atoms with van der Waals surface area (Å²) in [5, 5.41) is 0. The van der Waals surface area contributed by atoms with E-state index in [1.54, 1.807) is 0 Å². The summed E-state index contributed by atoms with van der Waals surface area (Å²) in [5.74, 6) is 1.03. The fourth-order valence-electron chi connectivity index (χ4n) is 2.27. The highest BCUT2D eigenvalue weighted by atomic mass is 16.5. The second-order valence-corrected chi connectivity index (χ2v) is 4.17. The Kier molecular flexibility index (Phi) is 2.13. The molecule has 1 aromatic rings. The Balaban J connectivity index is 1.84. The molecule has 1 atom stereocenters. The fraction of sp³-hybridized carbons (Fsp3) is 0.385. The molecule has 2 aliphatic rings. The molecule has 0 amide bonds. The minimum atomic E-state index is 0.300. The van der Waals surface area contributed by atoms with Gasteiger partial charge in [-0.25, -0.2) is 0 Å². The van der Waals surface area contributed by atoms with E-state index in [9.17, 15) is 0 Å². The summed E-state index contributed by atoms with van der Waals surface area (Å²) in [6, 6.07) is 10.3. The Morgan fingerprint density at radius 3 is 2.80 bits per heavy atom. The van der Waals surface area contributed by atoms with Crippen LogP contribution in [-0.2, 0) is 4.74 Å². The molecule has 1 fully saturated rings. The van der Waals surface area contributed by atoms with Crippen LogP contribution in [0.25, 0.3) is 5.76 Å². The molecule has 0 aromatic heterocycles. The lowest BCUT2D eigenvalue weighted by atomic mass is 10.1. The molecule has 0 spiro atoms. The van der Waals surface area contributed by atoms with E-state index in [0.29, 0.717) is 6.23 Å². The van der Waals surface area contributed by atoms with Gasteiger partial charge in [0, 0.05) is 24.7 Å². The van der Waals surface area contributed by atoms with Crippen LogP contribution in [0.2, 0.25) is 0 Å². The standard InChI is InChI=1S/C13H15NO/c1-2-6-11(7-3-1)12-10-14-9-5-4-8-13(14)15-12/h1-3,6-7,10,13H,4-5,8-9H2. The van der Waals surface area contributed by atoms with Gasteiger partial charge < -0.3 is 9.64 Å². The highest BCUT2D eigenvalue weighted by Gasteiger charge is 2.28. The zero-order chi connectivity index (χ0) is 10.1. The normalized spacial score (nSPS) is 24.4. The summed E-state index contributed by atoms with van der Waals surface area (Å²) in [7, 11) is 0. The van der Waals surface area contributed by atoms with Crippen LogP contribution >= 0.6 is 0 Å². The van der Waals surface area contributed by atoms with Gasteiger partial charge in [-0.2, -0.15) is 0 Å². The van der Waals surface area contributed by atoms with Gasteiger partial charge in [0.15, 0.2) is 6.23 Å². The molecule has 2 heterocycles. The predicted octanol–water partition coefficient (Wildman–Crippen LogP) is 2.83. The molecular formula is C13H15NO. The highest BCUT2D eigenvalue weighted by Crippen LogP contribution is 2.31. The number of benzene rings is 1. The highest BCUT2D eigenvalue weighted by molar-refractivity contribution is 5.60. The van der Waals surface area contributed by atoms with Gasteiger partial charge in [-0.15, -0.1) is 0 Å². The Bertz CT molecular complexity index is 371. The van der Waals surface area contributed by atoms with Crippen LogP contribution in [0.1, 0.15) is 24.8 Å². The van der Waals surface area contributed by atoms with Crippen molar-refractivity contribution in [3.63, 3.8) is 0 Å². The zero-order valence-corrected chi connectivity index (χ0v) is 8.73. The number of ether oxygens (including phenoxy) is 1. The van der Waals surface area contributed by atoms with Crippen LogP contribution in [0.5, 0.6) is 0 Å². The quantitative estimate of drug-likeness (QED) is 0.692. The van der Waals surface area contributed by atoms with Crippen molar-refractivity contribution in [2.75, 3.05) is 6.54 Å². The van der Waals surface area contributed by atoms with Crippen molar-refractivity contribution in [1.29, 1.82) is 0 Å². The van der Waals surface area contributed by atoms with Gasteiger partial charge in [0.1, 0.15) is 5.76 Å². The third-order valence-electron chi connectivity index (χ3n) is 3.09. The van der Waals surface area contributed by atoms with E-state index in [2.05, 4.69) is 35.4 Å². The first-order chi connectivity index (χ1) is 7.43. The number of piperidine rings is 1. The molecule has 15 heavy (non-hydrogen) atoms. The van der Waals surface area contributed by atoms with Gasteiger partial charge in [-0.3, -0.25) is 0 Å². The molecule has 0 bridgehead atoms. The van der Waals surface area contributed by atoms with Crippen molar-refractivity contribution < 1.29 is 4.74 Å². The number of nitrogens with zero attached hydrogens (tertiary/aromatic N) is 1. The van der Waals surface area contributed by atoms with Gasteiger partial charge in [-0.1, -0.05) is 30.3 Å². The predicted molar refractivity (Wildman–Crippen MR) is 59.8 cm³/mol. The van der Waals surface area contributed by atoms with Gasteiger partial charge in [0.2, 0.25) is 0 Å². The van der Waals surface area contributed by atoms with E-state index in [4.69, 9.17) is 4.74 Å². The topological polar surface area (TPSA) is 12.5 Å². The number of fused-ring (bicyclic) bond motifs is 1. The van der Waals surface area contributed by atoms with Crippen LogP contribution < -0.4 is 0 Å². The van der Waals surface area contributed by atoms with Crippen LogP contribution in [0, 0.1) is 0 Å². The summed E-state index contributed by atoms with van der Waals surface area (Å²) in [5.41, 5.74) is 1.19. The average molecular weight is 201 g/mol. The molecule has 1 saturated heterocycles. The Morgan fingerprint density at radius 1 is 1.13 bits per heavy atom. The molecule has 78 valence electrons. The smallest absolute Gasteiger partial charge is 0.172 e. The third-order valence-corrected chi connectivity index (χ3v) is 3.09. The maximum absolute atomic E-state index is 5.94. The van der Waals surface area contributed by atoms with E-state index in [0.717, 1.165) is 18.7 Å². The minimum absolute atomic E-state index is 0.300. The lowest BCUT2D eigenvalue weighted by molar-refractivity contribution is 0.0379. The number of hydrogen-bond donors (Lipinski definition) is 0. The first-order valence-electron chi connectivity index (χ1n) is 5.63. The van der Waals surface area contributed by atoms with Crippen LogP contribution in [-0.4, -0.2) is 17.7 Å². The maximum atomic E-state index is 5.94. The van der Waals surface area contributed by atoms with E-state index < -0.39 is 0 Å². The summed E-state index contributed by atoms with van der Waals surface area (Å²) in [6.07, 6.45) is 6.20. The molecule has 3 rings (SSSR count). The first kappa shape index (κ1) is 8.84. The molecule has 0 radical (unpaired) electrons. The van der Waals surface area contributed by atoms with E-state index in [1.807, 2.05) is 6.07 Å². The van der Waals surface area contributed by atoms with Crippen LogP contribution in [0.4, 0.5) is 0 Å². The maximum Gasteiger partial charge on any atom is 0.172 e. The zero-order valence-electron chi connectivity index (χ0n) is 8.73. The SMILES string of the molecule is C1=C(c2ccccc2)OC2CCCCN12. The lowest BCUT2D eigenvalue weighted by Crippen LogP contribution is -2.32. The van der Waals surface area contributed by atoms with E-state index >= 15 is 0 Å². The minimum Gasteiger partial charge on any atom is -0.468 e. The van der Waals surface area contributed by atoms with E-state index in [-0.39, 0.29) is 0 Å². The van der Waals surface area contributed by atoms with Gasteiger partial charge >= 0.3 is 0 Å². The number of rotatable bonds is 1. The molecular weight excluding hydrogens is 186 g/mol. The Hall–Kier alpha value is -1.44. The molecule has 1 unspecified atom stereocenters. The molecule has 0 saturated carbocycles. The molecule has 1 aromatic carbocycles. The summed E-state index contributed by atoms with van der Waals surface area (Å²) in [6.45, 7) is 1.14. The largest absolute Gasteiger partial charge is 0.468 e. The van der Waals surface area contributed by atoms with Gasteiger partial charge in [-0.05, 0) is 12.8 Å². The second kappa shape index (κ2) is 3.61. The monoisotopic (exact) mass is 201 g/mol. The van der Waals surface area contributed by atoms with Crippen LogP contribution in [0.3, 0.4) is 0 Å². The molecule has 0 N–H and O–H groups in total. The van der Waals surface area contributed by atoms with E-state index in [1.165, 1.54) is 18.4 Å². The fourth-order valence-corrected chi connectivity index (χ4v) is 2.27. The first-order valence-corrected chi connectivity index (χ1v) is 5.63. The lowest BCUT2D eigenvalue weighted by Gasteiger charge is -2.28. The van der Waals surface area contributed by atoms with Crippen molar-refractivity contribution in [3.8, 4) is 0 Å². The summed E-state index contributed by atoms with van der Waals surface area (Å²) in [4.78, 5) is 2.33. The molecule has 2 aliphatic heterocycles. The molecule has 2 heteroatoms. The van der Waals surface area contributed by atoms with Gasteiger partial charge in [0.25, 0.3) is 0 Å². The molecule has 0 aliphatic carbocycles. The summed E-state index contributed by atoms with van der Waals surface area (Å²) >= 11 is 0. The Morgan fingerprint density at radius 2 is 2.00 bits per heavy atom.